The maximum atomic E-state index is 12.3. The van der Waals surface area contributed by atoms with Crippen molar-refractivity contribution in [1.29, 1.82) is 0 Å². The highest BCUT2D eigenvalue weighted by atomic mass is 16.3. The number of aromatic hydroxyl groups is 1. The predicted octanol–water partition coefficient (Wildman–Crippen LogP) is 2.57. The summed E-state index contributed by atoms with van der Waals surface area (Å²) in [6.07, 6.45) is 1.44. The van der Waals surface area contributed by atoms with Crippen molar-refractivity contribution >= 4 is 18.0 Å². The van der Waals surface area contributed by atoms with Crippen LogP contribution in [0.5, 0.6) is 5.75 Å². The molecule has 25 heavy (non-hydrogen) atoms. The Bertz CT molecular complexity index is 806. The quantitative estimate of drug-likeness (QED) is 0.445. The van der Waals surface area contributed by atoms with Gasteiger partial charge in [-0.3, -0.25) is 9.59 Å². The lowest BCUT2D eigenvalue weighted by Crippen LogP contribution is -2.33. The number of amides is 2. The first-order valence-corrected chi connectivity index (χ1v) is 7.63. The van der Waals surface area contributed by atoms with Crippen molar-refractivity contribution in [2.24, 2.45) is 5.10 Å². The second kappa shape index (κ2) is 8.44. The second-order valence-corrected chi connectivity index (χ2v) is 5.49. The van der Waals surface area contributed by atoms with Crippen molar-refractivity contribution in [3.63, 3.8) is 0 Å². The molecule has 0 bridgehead atoms. The molecule has 0 aliphatic heterocycles. The molecule has 3 N–H and O–H groups in total. The van der Waals surface area contributed by atoms with Crippen LogP contribution in [0.3, 0.4) is 0 Å². The van der Waals surface area contributed by atoms with Gasteiger partial charge in [0.25, 0.3) is 11.8 Å². The zero-order valence-electron chi connectivity index (χ0n) is 14.0. The first kappa shape index (κ1) is 17.9. The highest BCUT2D eigenvalue weighted by Gasteiger charge is 2.15. The van der Waals surface area contributed by atoms with Gasteiger partial charge in [0.1, 0.15) is 11.4 Å². The molecule has 0 spiro atoms. The maximum absolute atomic E-state index is 12.3. The minimum atomic E-state index is -0.515. The molecule has 0 unspecified atom stereocenters. The molecule has 6 heteroatoms. The van der Waals surface area contributed by atoms with Gasteiger partial charge in [-0.15, -0.1) is 0 Å². The van der Waals surface area contributed by atoms with E-state index in [1.54, 1.807) is 50.2 Å². The van der Waals surface area contributed by atoms with Crippen molar-refractivity contribution in [1.82, 2.24) is 10.7 Å². The lowest BCUT2D eigenvalue weighted by Gasteiger charge is -2.10. The summed E-state index contributed by atoms with van der Waals surface area (Å²) in [7, 11) is 0. The summed E-state index contributed by atoms with van der Waals surface area (Å²) in [4.78, 5) is 24.5. The molecule has 128 valence electrons. The molecule has 2 amide bonds. The number of hydrogen-bond donors (Lipinski definition) is 3. The second-order valence-electron chi connectivity index (χ2n) is 5.49. The van der Waals surface area contributed by atoms with Crippen molar-refractivity contribution in [2.45, 2.75) is 13.8 Å². The van der Waals surface area contributed by atoms with Crippen LogP contribution in [0.2, 0.25) is 0 Å². The number of allylic oxidation sites excluding steroid dienone is 1. The Labute approximate surface area is 145 Å². The zero-order chi connectivity index (χ0) is 18.2. The number of rotatable bonds is 5. The molecule has 0 fully saturated rings. The topological polar surface area (TPSA) is 90.8 Å². The SMILES string of the molecule is CC(C)=C(NC(=O)c1ccccc1)C(=O)N/N=C/c1ccc(O)cc1. The lowest BCUT2D eigenvalue weighted by atomic mass is 10.2. The van der Waals surface area contributed by atoms with Crippen LogP contribution in [0.15, 0.2) is 71.0 Å². The number of hydrogen-bond acceptors (Lipinski definition) is 4. The Balaban J connectivity index is 2.02. The number of benzene rings is 2. The van der Waals surface area contributed by atoms with E-state index in [1.807, 2.05) is 6.07 Å². The van der Waals surface area contributed by atoms with E-state index in [0.717, 1.165) is 0 Å². The van der Waals surface area contributed by atoms with Crippen molar-refractivity contribution < 1.29 is 14.7 Å². The fraction of sp³-hybridized carbons (Fsp3) is 0.105. The minimum Gasteiger partial charge on any atom is -0.508 e. The monoisotopic (exact) mass is 337 g/mol. The largest absolute Gasteiger partial charge is 0.508 e. The van der Waals surface area contributed by atoms with Gasteiger partial charge in [0, 0.05) is 5.56 Å². The summed E-state index contributed by atoms with van der Waals surface area (Å²) in [6.45, 7) is 3.45. The fourth-order valence-corrected chi connectivity index (χ4v) is 1.97. The lowest BCUT2D eigenvalue weighted by molar-refractivity contribution is -0.117. The molecule has 0 aliphatic carbocycles. The van der Waals surface area contributed by atoms with Gasteiger partial charge < -0.3 is 10.4 Å². The number of nitrogens with zero attached hydrogens (tertiary/aromatic N) is 1. The van der Waals surface area contributed by atoms with E-state index in [-0.39, 0.29) is 17.4 Å². The van der Waals surface area contributed by atoms with Crippen LogP contribution < -0.4 is 10.7 Å². The van der Waals surface area contributed by atoms with Gasteiger partial charge in [0.2, 0.25) is 0 Å². The molecule has 0 aromatic heterocycles. The maximum Gasteiger partial charge on any atom is 0.287 e. The van der Waals surface area contributed by atoms with E-state index in [2.05, 4.69) is 15.8 Å². The summed E-state index contributed by atoms with van der Waals surface area (Å²) in [6, 6.07) is 15.0. The molecule has 0 saturated carbocycles. The van der Waals surface area contributed by atoms with Gasteiger partial charge in [-0.1, -0.05) is 18.2 Å². The Hall–Kier alpha value is -3.41. The molecule has 0 atom stereocenters. The standard InChI is InChI=1S/C19H19N3O3/c1-13(2)17(21-18(24)15-6-4-3-5-7-15)19(25)22-20-12-14-8-10-16(23)11-9-14/h3-12,23H,1-2H3,(H,21,24)(H,22,25)/b20-12+. The van der Waals surface area contributed by atoms with E-state index in [1.165, 1.54) is 18.3 Å². The molecule has 0 radical (unpaired) electrons. The van der Waals surface area contributed by atoms with Crippen LogP contribution in [-0.2, 0) is 4.79 Å². The third-order valence-corrected chi connectivity index (χ3v) is 3.27. The molecule has 0 saturated heterocycles. The third kappa shape index (κ3) is 5.31. The van der Waals surface area contributed by atoms with Crippen LogP contribution in [0.25, 0.3) is 0 Å². The van der Waals surface area contributed by atoms with Crippen LogP contribution in [0.4, 0.5) is 0 Å². The predicted molar refractivity (Wildman–Crippen MR) is 96.1 cm³/mol. The Morgan fingerprint density at radius 2 is 1.64 bits per heavy atom. The van der Waals surface area contributed by atoms with E-state index >= 15 is 0 Å². The average Bonchev–Trinajstić information content (AvgIpc) is 2.61. The van der Waals surface area contributed by atoms with E-state index in [0.29, 0.717) is 16.7 Å². The smallest absolute Gasteiger partial charge is 0.287 e. The summed E-state index contributed by atoms with van der Waals surface area (Å²) >= 11 is 0. The summed E-state index contributed by atoms with van der Waals surface area (Å²) < 4.78 is 0. The van der Waals surface area contributed by atoms with Crippen molar-refractivity contribution in [3.8, 4) is 5.75 Å². The number of phenolic OH excluding ortho intramolecular Hbond substituents is 1. The Morgan fingerprint density at radius 1 is 1.00 bits per heavy atom. The van der Waals surface area contributed by atoms with Gasteiger partial charge in [0.15, 0.2) is 0 Å². The first-order valence-electron chi connectivity index (χ1n) is 7.63. The average molecular weight is 337 g/mol. The molecule has 2 aromatic carbocycles. The zero-order valence-corrected chi connectivity index (χ0v) is 14.0. The minimum absolute atomic E-state index is 0.150. The normalized spacial score (nSPS) is 10.3. The number of nitrogens with one attached hydrogen (secondary N) is 2. The molecular weight excluding hydrogens is 318 g/mol. The summed E-state index contributed by atoms with van der Waals surface area (Å²) in [5.74, 6) is -0.731. The van der Waals surface area contributed by atoms with E-state index in [4.69, 9.17) is 0 Å². The van der Waals surface area contributed by atoms with Crippen molar-refractivity contribution in [3.05, 3.63) is 77.0 Å². The Kier molecular flexibility index (Phi) is 6.06. The van der Waals surface area contributed by atoms with Gasteiger partial charge in [-0.25, -0.2) is 5.43 Å². The van der Waals surface area contributed by atoms with E-state index in [9.17, 15) is 14.7 Å². The number of carbonyl (C=O) groups is 2. The molecule has 2 aromatic rings. The number of phenols is 1. The van der Waals surface area contributed by atoms with Gasteiger partial charge >= 0.3 is 0 Å². The molecule has 6 nitrogen and oxygen atoms in total. The molecule has 0 aliphatic rings. The Morgan fingerprint density at radius 3 is 2.24 bits per heavy atom. The van der Waals surface area contributed by atoms with Crippen molar-refractivity contribution in [2.75, 3.05) is 0 Å². The van der Waals surface area contributed by atoms with Crippen LogP contribution in [-0.4, -0.2) is 23.1 Å². The molecular formula is C19H19N3O3. The number of carbonyl (C=O) groups excluding carboxylic acids is 2. The summed E-state index contributed by atoms with van der Waals surface area (Å²) in [5.41, 5.74) is 4.36. The van der Waals surface area contributed by atoms with E-state index < -0.39 is 5.91 Å². The van der Waals surface area contributed by atoms with Gasteiger partial charge in [-0.05, 0) is 61.4 Å². The van der Waals surface area contributed by atoms with Crippen LogP contribution in [0.1, 0.15) is 29.8 Å². The highest BCUT2D eigenvalue weighted by Crippen LogP contribution is 2.08. The van der Waals surface area contributed by atoms with Crippen LogP contribution >= 0.6 is 0 Å². The summed E-state index contributed by atoms with van der Waals surface area (Å²) in [5, 5.41) is 15.7. The third-order valence-electron chi connectivity index (χ3n) is 3.27. The number of hydrazone groups is 1. The highest BCUT2D eigenvalue weighted by molar-refractivity contribution is 6.03. The molecule has 2 rings (SSSR count). The first-order chi connectivity index (χ1) is 12.0. The van der Waals surface area contributed by atoms with Crippen LogP contribution in [0, 0.1) is 0 Å². The van der Waals surface area contributed by atoms with Gasteiger partial charge in [-0.2, -0.15) is 5.10 Å². The van der Waals surface area contributed by atoms with Gasteiger partial charge in [0.05, 0.1) is 6.21 Å². The molecule has 0 heterocycles. The fourth-order valence-electron chi connectivity index (χ4n) is 1.97.